The molecule has 1 aromatic carbocycles. The summed E-state index contributed by atoms with van der Waals surface area (Å²) in [6.45, 7) is 2.41. The van der Waals surface area contributed by atoms with Crippen LogP contribution in [-0.2, 0) is 14.9 Å². The van der Waals surface area contributed by atoms with E-state index in [0.29, 0.717) is 17.9 Å². The van der Waals surface area contributed by atoms with Crippen molar-refractivity contribution in [2.24, 2.45) is 0 Å². The zero-order valence-corrected chi connectivity index (χ0v) is 12.7. The molecular weight excluding hydrogens is 280 g/mol. The predicted octanol–water partition coefficient (Wildman–Crippen LogP) is 1.86. The van der Waals surface area contributed by atoms with E-state index in [-0.39, 0.29) is 0 Å². The molecule has 0 aliphatic carbocycles. The minimum absolute atomic E-state index is 0.392. The number of hydrogen-bond acceptors (Lipinski definition) is 4. The fourth-order valence-corrected chi connectivity index (χ4v) is 1.92. The number of nitrogens with zero attached hydrogens (tertiary/aromatic N) is 1. The molecule has 0 atom stereocenters. The van der Waals surface area contributed by atoms with Crippen molar-refractivity contribution in [2.75, 3.05) is 25.4 Å². The van der Waals surface area contributed by atoms with Crippen LogP contribution in [0.2, 0.25) is 0 Å². The molecule has 112 valence electrons. The average molecular weight is 300 g/mol. The van der Waals surface area contributed by atoms with Gasteiger partial charge in [0.2, 0.25) is 0 Å². The minimum Gasteiger partial charge on any atom is -0.462 e. The zero-order chi connectivity index (χ0) is 15.2. The Bertz CT molecular complexity index is 538. The van der Waals surface area contributed by atoms with E-state index in [2.05, 4.69) is 4.72 Å². The van der Waals surface area contributed by atoms with Crippen molar-refractivity contribution in [1.29, 1.82) is 0 Å². The van der Waals surface area contributed by atoms with E-state index < -0.39 is 16.2 Å². The summed E-state index contributed by atoms with van der Waals surface area (Å²) in [7, 11) is -0.670. The van der Waals surface area contributed by atoms with E-state index in [1.165, 1.54) is 38.4 Å². The number of anilines is 1. The van der Waals surface area contributed by atoms with Crippen LogP contribution >= 0.6 is 0 Å². The van der Waals surface area contributed by atoms with Gasteiger partial charge in [0.25, 0.3) is 0 Å². The second kappa shape index (κ2) is 7.25. The smallest absolute Gasteiger partial charge is 0.338 e. The van der Waals surface area contributed by atoms with Crippen LogP contribution in [0.5, 0.6) is 0 Å². The van der Waals surface area contributed by atoms with Crippen LogP contribution < -0.4 is 4.72 Å². The Kier molecular flexibility index (Phi) is 5.97. The Hall–Kier alpha value is -1.60. The van der Waals surface area contributed by atoms with Gasteiger partial charge in [-0.3, -0.25) is 4.72 Å². The molecule has 0 saturated carbocycles. The molecule has 0 radical (unpaired) electrons. The highest BCUT2D eigenvalue weighted by atomic mass is 32.2. The maximum Gasteiger partial charge on any atom is 0.338 e. The first-order valence-corrected chi connectivity index (χ1v) is 7.78. The molecule has 0 aromatic heterocycles. The van der Waals surface area contributed by atoms with E-state index >= 15 is 0 Å². The topological polar surface area (TPSA) is 75.7 Å². The number of carbonyl (C=O) groups is 1. The molecule has 0 aliphatic heterocycles. The first kappa shape index (κ1) is 16.5. The number of nitrogens with one attached hydrogen (secondary N) is 1. The van der Waals surface area contributed by atoms with Crippen molar-refractivity contribution >= 4 is 21.9 Å². The highest BCUT2D eigenvalue weighted by molar-refractivity contribution is 7.90. The molecule has 20 heavy (non-hydrogen) atoms. The fraction of sp³-hybridized carbons (Fsp3) is 0.462. The summed E-state index contributed by atoms with van der Waals surface area (Å²) in [5.74, 6) is -0.402. The summed E-state index contributed by atoms with van der Waals surface area (Å²) in [5.41, 5.74) is 0.790. The van der Waals surface area contributed by atoms with Crippen molar-refractivity contribution in [1.82, 2.24) is 4.31 Å². The third-order valence-corrected chi connectivity index (χ3v) is 4.03. The monoisotopic (exact) mass is 300 g/mol. The maximum absolute atomic E-state index is 11.7. The lowest BCUT2D eigenvalue weighted by molar-refractivity contribution is 0.0500. The van der Waals surface area contributed by atoms with Crippen molar-refractivity contribution < 1.29 is 17.9 Å². The maximum atomic E-state index is 11.7. The first-order valence-electron chi connectivity index (χ1n) is 6.34. The van der Waals surface area contributed by atoms with Crippen LogP contribution in [0, 0.1) is 0 Å². The van der Waals surface area contributed by atoms with Crippen LogP contribution in [-0.4, -0.2) is 39.4 Å². The Morgan fingerprint density at radius 3 is 2.35 bits per heavy atom. The summed E-state index contributed by atoms with van der Waals surface area (Å²) in [6.07, 6.45) is 1.78. The van der Waals surface area contributed by atoms with Crippen LogP contribution in [0.15, 0.2) is 24.3 Å². The van der Waals surface area contributed by atoms with E-state index in [1.807, 2.05) is 6.92 Å². The van der Waals surface area contributed by atoms with Gasteiger partial charge in [0.15, 0.2) is 0 Å². The van der Waals surface area contributed by atoms with Crippen molar-refractivity contribution in [3.05, 3.63) is 29.8 Å². The standard InChI is InChI=1S/C13H20N2O4S/c1-4-5-10-19-13(16)11-6-8-12(9-7-11)14-20(17,18)15(2)3/h6-9,14H,4-5,10H2,1-3H3. The summed E-state index contributed by atoms with van der Waals surface area (Å²) in [5, 5.41) is 0. The van der Waals surface area contributed by atoms with E-state index in [1.54, 1.807) is 0 Å². The van der Waals surface area contributed by atoms with Gasteiger partial charge in [-0.2, -0.15) is 12.7 Å². The zero-order valence-electron chi connectivity index (χ0n) is 11.9. The molecule has 0 bridgehead atoms. The van der Waals surface area contributed by atoms with Gasteiger partial charge in [-0.05, 0) is 30.7 Å². The molecule has 1 rings (SSSR count). The third kappa shape index (κ3) is 4.82. The molecule has 1 aromatic rings. The molecular formula is C13H20N2O4S. The van der Waals surface area contributed by atoms with Crippen LogP contribution in [0.4, 0.5) is 5.69 Å². The summed E-state index contributed by atoms with van der Waals surface area (Å²) < 4.78 is 31.7. The highest BCUT2D eigenvalue weighted by Gasteiger charge is 2.13. The van der Waals surface area contributed by atoms with Crippen molar-refractivity contribution in [3.63, 3.8) is 0 Å². The molecule has 6 nitrogen and oxygen atoms in total. The SMILES string of the molecule is CCCCOC(=O)c1ccc(NS(=O)(=O)N(C)C)cc1. The van der Waals surface area contributed by atoms with Gasteiger partial charge in [-0.1, -0.05) is 13.3 Å². The highest BCUT2D eigenvalue weighted by Crippen LogP contribution is 2.13. The van der Waals surface area contributed by atoms with Gasteiger partial charge >= 0.3 is 16.2 Å². The third-order valence-electron chi connectivity index (χ3n) is 2.58. The van der Waals surface area contributed by atoms with E-state index in [4.69, 9.17) is 4.74 Å². The number of benzene rings is 1. The molecule has 7 heteroatoms. The Labute approximate surface area is 119 Å². The lowest BCUT2D eigenvalue weighted by Crippen LogP contribution is -2.28. The van der Waals surface area contributed by atoms with Gasteiger partial charge in [-0.25, -0.2) is 4.79 Å². The summed E-state index contributed by atoms with van der Waals surface area (Å²) in [6, 6.07) is 6.11. The van der Waals surface area contributed by atoms with Crippen LogP contribution in [0.1, 0.15) is 30.1 Å². The predicted molar refractivity (Wildman–Crippen MR) is 77.9 cm³/mol. The van der Waals surface area contributed by atoms with E-state index in [9.17, 15) is 13.2 Å². The number of carbonyl (C=O) groups excluding carboxylic acids is 1. The summed E-state index contributed by atoms with van der Waals surface area (Å²) in [4.78, 5) is 11.7. The quantitative estimate of drug-likeness (QED) is 0.616. The van der Waals surface area contributed by atoms with Crippen LogP contribution in [0.3, 0.4) is 0 Å². The lowest BCUT2D eigenvalue weighted by Gasteiger charge is -2.13. The molecule has 0 amide bonds. The van der Waals surface area contributed by atoms with Crippen molar-refractivity contribution in [3.8, 4) is 0 Å². The number of unbranched alkanes of at least 4 members (excludes halogenated alkanes) is 1. The minimum atomic E-state index is -3.53. The normalized spacial score (nSPS) is 11.4. The van der Waals surface area contributed by atoms with Crippen molar-refractivity contribution in [2.45, 2.75) is 19.8 Å². The van der Waals surface area contributed by atoms with Crippen LogP contribution in [0.25, 0.3) is 0 Å². The van der Waals surface area contributed by atoms with E-state index in [0.717, 1.165) is 17.1 Å². The van der Waals surface area contributed by atoms with Gasteiger partial charge < -0.3 is 4.74 Å². The van der Waals surface area contributed by atoms with Gasteiger partial charge in [0.05, 0.1) is 12.2 Å². The van der Waals surface area contributed by atoms with Gasteiger partial charge in [0, 0.05) is 19.8 Å². The van der Waals surface area contributed by atoms with Gasteiger partial charge in [-0.15, -0.1) is 0 Å². The Balaban J connectivity index is 2.67. The number of ether oxygens (including phenoxy) is 1. The molecule has 0 aliphatic rings. The molecule has 0 saturated heterocycles. The summed E-state index contributed by atoms with van der Waals surface area (Å²) >= 11 is 0. The molecule has 0 spiro atoms. The Morgan fingerprint density at radius 1 is 1.25 bits per heavy atom. The van der Waals surface area contributed by atoms with Gasteiger partial charge in [0.1, 0.15) is 0 Å². The largest absolute Gasteiger partial charge is 0.462 e. The molecule has 0 unspecified atom stereocenters. The lowest BCUT2D eigenvalue weighted by atomic mass is 10.2. The molecule has 0 fully saturated rings. The number of rotatable bonds is 7. The number of esters is 1. The number of hydrogen-bond donors (Lipinski definition) is 1. The second-order valence-corrected chi connectivity index (χ2v) is 6.34. The second-order valence-electron chi connectivity index (χ2n) is 4.46. The first-order chi connectivity index (χ1) is 9.36. The average Bonchev–Trinajstić information content (AvgIpc) is 2.39. The fourth-order valence-electron chi connectivity index (χ4n) is 1.31. The molecule has 1 N–H and O–H groups in total. The Morgan fingerprint density at radius 2 is 1.85 bits per heavy atom. The molecule has 0 heterocycles.